The van der Waals surface area contributed by atoms with Crippen molar-refractivity contribution in [3.8, 4) is 11.8 Å². The highest BCUT2D eigenvalue weighted by Crippen LogP contribution is 2.35. The van der Waals surface area contributed by atoms with E-state index in [0.717, 1.165) is 6.07 Å². The van der Waals surface area contributed by atoms with Crippen LogP contribution in [-0.2, 0) is 6.18 Å². The highest BCUT2D eigenvalue weighted by atomic mass is 19.4. The number of hydrogen-bond donors (Lipinski definition) is 1. The average molecular weight is 286 g/mol. The molecule has 0 aliphatic carbocycles. The first-order valence-electron chi connectivity index (χ1n) is 6.27. The Morgan fingerprint density at radius 2 is 1.95 bits per heavy atom. The minimum atomic E-state index is -4.45. The summed E-state index contributed by atoms with van der Waals surface area (Å²) in [6, 6.07) is 7.15. The molecule has 3 nitrogen and oxygen atoms in total. The molecule has 6 heteroatoms. The minimum absolute atomic E-state index is 0.0319. The van der Waals surface area contributed by atoms with Crippen LogP contribution in [0.3, 0.4) is 0 Å². The smallest absolute Gasteiger partial charge is 0.419 e. The second-order valence-corrected chi connectivity index (χ2v) is 4.57. The van der Waals surface area contributed by atoms with Gasteiger partial charge in [0.05, 0.1) is 18.2 Å². The normalized spacial score (nSPS) is 14.4. The molecule has 1 unspecified atom stereocenters. The molecule has 1 atom stereocenters. The summed E-state index contributed by atoms with van der Waals surface area (Å²) in [6.45, 7) is 4.18. The molecule has 0 fully saturated rings. The summed E-state index contributed by atoms with van der Waals surface area (Å²) in [5.41, 5.74) is -1.61. The molecule has 0 aliphatic heterocycles. The zero-order valence-corrected chi connectivity index (χ0v) is 11.4. The number of halogens is 3. The summed E-state index contributed by atoms with van der Waals surface area (Å²) >= 11 is 0. The Morgan fingerprint density at radius 1 is 1.30 bits per heavy atom. The van der Waals surface area contributed by atoms with Gasteiger partial charge in [0.1, 0.15) is 11.3 Å². The monoisotopic (exact) mass is 286 g/mol. The third kappa shape index (κ3) is 4.42. The van der Waals surface area contributed by atoms with Crippen LogP contribution in [0.15, 0.2) is 24.3 Å². The van der Waals surface area contributed by atoms with Gasteiger partial charge in [-0.1, -0.05) is 19.1 Å². The fraction of sp³-hybridized carbons (Fsp3) is 0.500. The van der Waals surface area contributed by atoms with E-state index in [2.05, 4.69) is 11.4 Å². The fourth-order valence-corrected chi connectivity index (χ4v) is 1.77. The molecule has 0 spiro atoms. The van der Waals surface area contributed by atoms with Gasteiger partial charge in [-0.25, -0.2) is 0 Å². The molecule has 1 aromatic rings. The Balaban J connectivity index is 2.70. The largest absolute Gasteiger partial charge is 0.493 e. The number of benzene rings is 1. The zero-order valence-electron chi connectivity index (χ0n) is 11.4. The van der Waals surface area contributed by atoms with Crippen molar-refractivity contribution in [2.75, 3.05) is 13.2 Å². The highest BCUT2D eigenvalue weighted by Gasteiger charge is 2.34. The first-order valence-corrected chi connectivity index (χ1v) is 6.27. The summed E-state index contributed by atoms with van der Waals surface area (Å²) in [4.78, 5) is 0. The SMILES string of the molecule is CCNC(C)(C#N)CCOc1ccccc1C(F)(F)F. The predicted molar refractivity (Wildman–Crippen MR) is 69.3 cm³/mol. The van der Waals surface area contributed by atoms with Gasteiger partial charge in [-0.15, -0.1) is 0 Å². The van der Waals surface area contributed by atoms with Gasteiger partial charge in [0.2, 0.25) is 0 Å². The minimum Gasteiger partial charge on any atom is -0.493 e. The van der Waals surface area contributed by atoms with Crippen LogP contribution in [0.1, 0.15) is 25.8 Å². The van der Waals surface area contributed by atoms with Crippen LogP contribution < -0.4 is 10.1 Å². The van der Waals surface area contributed by atoms with Crippen molar-refractivity contribution in [1.82, 2.24) is 5.32 Å². The number of hydrogen-bond acceptors (Lipinski definition) is 3. The summed E-state index contributed by atoms with van der Waals surface area (Å²) in [5.74, 6) is -0.211. The lowest BCUT2D eigenvalue weighted by molar-refractivity contribution is -0.139. The molecule has 1 rings (SSSR count). The lowest BCUT2D eigenvalue weighted by Gasteiger charge is -2.23. The van der Waals surface area contributed by atoms with Gasteiger partial charge in [0, 0.05) is 6.42 Å². The third-order valence-electron chi connectivity index (χ3n) is 2.87. The third-order valence-corrected chi connectivity index (χ3v) is 2.87. The van der Waals surface area contributed by atoms with Crippen molar-refractivity contribution >= 4 is 0 Å². The summed E-state index contributed by atoms with van der Waals surface area (Å²) in [7, 11) is 0. The van der Waals surface area contributed by atoms with Crippen LogP contribution in [0.5, 0.6) is 5.75 Å². The first-order chi connectivity index (χ1) is 9.32. The number of rotatable bonds is 6. The van der Waals surface area contributed by atoms with Crippen LogP contribution in [0, 0.1) is 11.3 Å². The van der Waals surface area contributed by atoms with E-state index in [9.17, 15) is 13.2 Å². The molecule has 0 bridgehead atoms. The van der Waals surface area contributed by atoms with Gasteiger partial charge < -0.3 is 4.74 Å². The maximum absolute atomic E-state index is 12.8. The maximum atomic E-state index is 12.8. The topological polar surface area (TPSA) is 45.0 Å². The Morgan fingerprint density at radius 3 is 2.50 bits per heavy atom. The molecule has 1 aromatic carbocycles. The lowest BCUT2D eigenvalue weighted by Crippen LogP contribution is -2.42. The average Bonchev–Trinajstić information content (AvgIpc) is 2.38. The fourth-order valence-electron chi connectivity index (χ4n) is 1.77. The first kappa shape index (κ1) is 16.3. The summed E-state index contributed by atoms with van der Waals surface area (Å²) in [6.07, 6.45) is -4.15. The maximum Gasteiger partial charge on any atom is 0.419 e. The Kier molecular flexibility index (Phi) is 5.40. The molecule has 1 N–H and O–H groups in total. The van der Waals surface area contributed by atoms with E-state index in [1.165, 1.54) is 18.2 Å². The number of nitriles is 1. The number of alkyl halides is 3. The van der Waals surface area contributed by atoms with E-state index in [0.29, 0.717) is 13.0 Å². The molecule has 0 heterocycles. The van der Waals surface area contributed by atoms with Crippen molar-refractivity contribution < 1.29 is 17.9 Å². The second kappa shape index (κ2) is 6.62. The van der Waals surface area contributed by atoms with Crippen molar-refractivity contribution in [2.24, 2.45) is 0 Å². The molecular weight excluding hydrogens is 269 g/mol. The molecule has 110 valence electrons. The van der Waals surface area contributed by atoms with Crippen molar-refractivity contribution in [1.29, 1.82) is 5.26 Å². The van der Waals surface area contributed by atoms with Crippen molar-refractivity contribution in [3.63, 3.8) is 0 Å². The molecule has 0 saturated carbocycles. The van der Waals surface area contributed by atoms with Gasteiger partial charge >= 0.3 is 6.18 Å². The van der Waals surface area contributed by atoms with E-state index in [1.807, 2.05) is 6.92 Å². The van der Waals surface area contributed by atoms with Gasteiger partial charge in [-0.2, -0.15) is 18.4 Å². The van der Waals surface area contributed by atoms with E-state index in [1.54, 1.807) is 6.92 Å². The van der Waals surface area contributed by atoms with Crippen LogP contribution in [-0.4, -0.2) is 18.7 Å². The molecule has 0 amide bonds. The van der Waals surface area contributed by atoms with Gasteiger partial charge in [-0.05, 0) is 25.6 Å². The van der Waals surface area contributed by atoms with Crippen LogP contribution >= 0.6 is 0 Å². The van der Waals surface area contributed by atoms with Crippen molar-refractivity contribution in [3.05, 3.63) is 29.8 Å². The molecule has 0 saturated heterocycles. The van der Waals surface area contributed by atoms with Gasteiger partial charge in [0.15, 0.2) is 0 Å². The van der Waals surface area contributed by atoms with E-state index in [4.69, 9.17) is 10.00 Å². The molecule has 0 aliphatic rings. The molecule has 0 radical (unpaired) electrons. The Hall–Kier alpha value is -1.74. The highest BCUT2D eigenvalue weighted by molar-refractivity contribution is 5.35. The van der Waals surface area contributed by atoms with Gasteiger partial charge in [0.25, 0.3) is 0 Å². The quantitative estimate of drug-likeness (QED) is 0.872. The van der Waals surface area contributed by atoms with Crippen molar-refractivity contribution in [2.45, 2.75) is 32.0 Å². The zero-order chi connectivity index (χ0) is 15.2. The van der Waals surface area contributed by atoms with Crippen LogP contribution in [0.25, 0.3) is 0 Å². The number of para-hydroxylation sites is 1. The number of nitrogens with one attached hydrogen (secondary N) is 1. The van der Waals surface area contributed by atoms with E-state index < -0.39 is 17.3 Å². The van der Waals surface area contributed by atoms with Gasteiger partial charge in [-0.3, -0.25) is 5.32 Å². The lowest BCUT2D eigenvalue weighted by atomic mass is 10.0. The van der Waals surface area contributed by atoms with Crippen LogP contribution in [0.4, 0.5) is 13.2 Å². The second-order valence-electron chi connectivity index (χ2n) is 4.57. The Labute approximate surface area is 116 Å². The number of nitrogens with zero attached hydrogens (tertiary/aromatic N) is 1. The Bertz CT molecular complexity index is 482. The molecule has 20 heavy (non-hydrogen) atoms. The molecular formula is C14H17F3N2O. The summed E-state index contributed by atoms with van der Waals surface area (Å²) < 4.78 is 43.5. The van der Waals surface area contributed by atoms with E-state index in [-0.39, 0.29) is 12.4 Å². The van der Waals surface area contributed by atoms with E-state index >= 15 is 0 Å². The summed E-state index contributed by atoms with van der Waals surface area (Å²) in [5, 5.41) is 12.0. The molecule has 0 aromatic heterocycles. The predicted octanol–water partition coefficient (Wildman–Crippen LogP) is 3.37. The number of ether oxygens (including phenoxy) is 1. The van der Waals surface area contributed by atoms with Crippen LogP contribution in [0.2, 0.25) is 0 Å². The standard InChI is InChI=1S/C14H17F3N2O/c1-3-19-13(2,10-18)8-9-20-12-7-5-4-6-11(12)14(15,16)17/h4-7,19H,3,8-9H2,1-2H3.